The maximum Gasteiger partial charge on any atom is 0.325 e. The normalized spacial score (nSPS) is 12.5. The quantitative estimate of drug-likeness (QED) is 0.794. The van der Waals surface area contributed by atoms with Crippen LogP contribution in [0.15, 0.2) is 18.2 Å². The van der Waals surface area contributed by atoms with Crippen LogP contribution in [0.4, 0.5) is 0 Å². The van der Waals surface area contributed by atoms with E-state index in [0.29, 0.717) is 6.54 Å². The van der Waals surface area contributed by atoms with Gasteiger partial charge in [0.05, 0.1) is 0 Å². The second kappa shape index (κ2) is 4.94. The van der Waals surface area contributed by atoms with Crippen LogP contribution in [0.25, 0.3) is 0 Å². The van der Waals surface area contributed by atoms with E-state index in [4.69, 9.17) is 5.11 Å². The molecule has 1 rings (SSSR count). The average molecular weight is 207 g/mol. The second-order valence-electron chi connectivity index (χ2n) is 3.75. The fraction of sp³-hybridized carbons (Fsp3) is 0.417. The van der Waals surface area contributed by atoms with Gasteiger partial charge >= 0.3 is 5.97 Å². The van der Waals surface area contributed by atoms with Gasteiger partial charge in [-0.05, 0) is 26.0 Å². The van der Waals surface area contributed by atoms with Crippen molar-refractivity contribution in [1.29, 1.82) is 0 Å². The summed E-state index contributed by atoms with van der Waals surface area (Å²) < 4.78 is 0. The molecule has 0 radical (unpaired) electrons. The van der Waals surface area contributed by atoms with E-state index >= 15 is 0 Å². The van der Waals surface area contributed by atoms with Crippen LogP contribution in [-0.2, 0) is 4.79 Å². The van der Waals surface area contributed by atoms with Crippen LogP contribution in [0.2, 0.25) is 0 Å². The molecule has 0 amide bonds. The summed E-state index contributed by atoms with van der Waals surface area (Å²) in [5.41, 5.74) is 3.00. The Hall–Kier alpha value is -1.35. The van der Waals surface area contributed by atoms with Crippen LogP contribution in [0.1, 0.15) is 29.7 Å². The van der Waals surface area contributed by atoms with Crippen molar-refractivity contribution in [3.8, 4) is 0 Å². The molecule has 3 heteroatoms. The number of hydrogen-bond donors (Lipinski definition) is 2. The van der Waals surface area contributed by atoms with Gasteiger partial charge in [-0.3, -0.25) is 4.79 Å². The summed E-state index contributed by atoms with van der Waals surface area (Å²) in [6, 6.07) is 5.26. The molecule has 0 aliphatic heterocycles. The predicted molar refractivity (Wildman–Crippen MR) is 60.0 cm³/mol. The molecule has 0 aliphatic rings. The molecule has 0 aliphatic carbocycles. The molecule has 1 aromatic carbocycles. The number of carboxylic acid groups (broad SMARTS) is 1. The first-order valence-corrected chi connectivity index (χ1v) is 5.09. The van der Waals surface area contributed by atoms with Crippen LogP contribution in [-0.4, -0.2) is 17.6 Å². The van der Waals surface area contributed by atoms with Gasteiger partial charge in [-0.25, -0.2) is 0 Å². The van der Waals surface area contributed by atoms with E-state index in [9.17, 15) is 4.79 Å². The SMILES string of the molecule is CCNC(C(=O)O)c1cc(C)cc(C)c1. The van der Waals surface area contributed by atoms with Gasteiger partial charge in [0.25, 0.3) is 0 Å². The molecule has 0 heterocycles. The van der Waals surface area contributed by atoms with Crippen molar-refractivity contribution in [2.24, 2.45) is 0 Å². The number of carboxylic acids is 1. The van der Waals surface area contributed by atoms with Crippen molar-refractivity contribution in [3.05, 3.63) is 34.9 Å². The van der Waals surface area contributed by atoms with E-state index < -0.39 is 12.0 Å². The summed E-state index contributed by atoms with van der Waals surface area (Å²) in [4.78, 5) is 11.0. The van der Waals surface area contributed by atoms with Crippen LogP contribution >= 0.6 is 0 Å². The van der Waals surface area contributed by atoms with Crippen LogP contribution in [0.3, 0.4) is 0 Å². The lowest BCUT2D eigenvalue weighted by atomic mass is 10.0. The number of benzene rings is 1. The minimum atomic E-state index is -0.832. The van der Waals surface area contributed by atoms with Gasteiger partial charge in [-0.2, -0.15) is 0 Å². The van der Waals surface area contributed by atoms with Gasteiger partial charge < -0.3 is 10.4 Å². The number of likely N-dealkylation sites (N-methyl/N-ethyl adjacent to an activating group) is 1. The summed E-state index contributed by atoms with van der Waals surface area (Å²) in [5.74, 6) is -0.832. The summed E-state index contributed by atoms with van der Waals surface area (Å²) in [5, 5.41) is 12.0. The van der Waals surface area contributed by atoms with Crippen molar-refractivity contribution < 1.29 is 9.90 Å². The van der Waals surface area contributed by atoms with E-state index in [-0.39, 0.29) is 0 Å². The Morgan fingerprint density at radius 1 is 1.33 bits per heavy atom. The van der Waals surface area contributed by atoms with Gasteiger partial charge in [-0.1, -0.05) is 36.2 Å². The van der Waals surface area contributed by atoms with E-state index in [1.807, 2.05) is 39.0 Å². The molecule has 0 saturated carbocycles. The Kier molecular flexibility index (Phi) is 3.86. The molecule has 0 bridgehead atoms. The third-order valence-electron chi connectivity index (χ3n) is 2.23. The fourth-order valence-electron chi connectivity index (χ4n) is 1.73. The summed E-state index contributed by atoms with van der Waals surface area (Å²) in [6.45, 7) is 6.49. The molecule has 1 aromatic rings. The Morgan fingerprint density at radius 3 is 2.27 bits per heavy atom. The molecule has 82 valence electrons. The van der Waals surface area contributed by atoms with Crippen LogP contribution < -0.4 is 5.32 Å². The third kappa shape index (κ3) is 3.06. The molecule has 15 heavy (non-hydrogen) atoms. The predicted octanol–water partition coefficient (Wildman–Crippen LogP) is 2.04. The zero-order chi connectivity index (χ0) is 11.4. The first-order valence-electron chi connectivity index (χ1n) is 5.09. The Labute approximate surface area is 90.1 Å². The van der Waals surface area contributed by atoms with Gasteiger partial charge in [0.15, 0.2) is 0 Å². The monoisotopic (exact) mass is 207 g/mol. The molecular weight excluding hydrogens is 190 g/mol. The van der Waals surface area contributed by atoms with Crippen molar-refractivity contribution in [1.82, 2.24) is 5.32 Å². The number of aliphatic carboxylic acids is 1. The van der Waals surface area contributed by atoms with Crippen molar-refractivity contribution in [3.63, 3.8) is 0 Å². The lowest BCUT2D eigenvalue weighted by Crippen LogP contribution is -2.28. The standard InChI is InChI=1S/C12H17NO2/c1-4-13-11(12(14)15)10-6-8(2)5-9(3)7-10/h5-7,11,13H,4H2,1-3H3,(H,14,15). The molecule has 3 nitrogen and oxygen atoms in total. The van der Waals surface area contributed by atoms with Crippen molar-refractivity contribution in [2.75, 3.05) is 6.54 Å². The van der Waals surface area contributed by atoms with Gasteiger partial charge in [0.2, 0.25) is 0 Å². The van der Waals surface area contributed by atoms with Gasteiger partial charge in [-0.15, -0.1) is 0 Å². The van der Waals surface area contributed by atoms with Crippen molar-refractivity contribution in [2.45, 2.75) is 26.8 Å². The second-order valence-corrected chi connectivity index (χ2v) is 3.75. The van der Waals surface area contributed by atoms with Gasteiger partial charge in [0, 0.05) is 0 Å². The van der Waals surface area contributed by atoms with Gasteiger partial charge in [0.1, 0.15) is 6.04 Å². The first-order chi connectivity index (χ1) is 7.04. The highest BCUT2D eigenvalue weighted by atomic mass is 16.4. The lowest BCUT2D eigenvalue weighted by molar-refractivity contribution is -0.139. The lowest BCUT2D eigenvalue weighted by Gasteiger charge is -2.14. The molecule has 0 saturated heterocycles. The summed E-state index contributed by atoms with van der Waals surface area (Å²) >= 11 is 0. The minimum absolute atomic E-state index is 0.603. The van der Waals surface area contributed by atoms with Crippen LogP contribution in [0, 0.1) is 13.8 Å². The Balaban J connectivity index is 3.05. The molecular formula is C12H17NO2. The van der Waals surface area contributed by atoms with E-state index in [0.717, 1.165) is 16.7 Å². The number of aryl methyl sites for hydroxylation is 2. The third-order valence-corrected chi connectivity index (χ3v) is 2.23. The van der Waals surface area contributed by atoms with E-state index in [2.05, 4.69) is 5.32 Å². The summed E-state index contributed by atoms with van der Waals surface area (Å²) in [6.07, 6.45) is 0. The molecule has 0 aromatic heterocycles. The zero-order valence-corrected chi connectivity index (χ0v) is 9.37. The number of hydrogen-bond acceptors (Lipinski definition) is 2. The number of nitrogens with one attached hydrogen (secondary N) is 1. The fourth-order valence-corrected chi connectivity index (χ4v) is 1.73. The Bertz CT molecular complexity index is 340. The van der Waals surface area contributed by atoms with Crippen molar-refractivity contribution >= 4 is 5.97 Å². The highest BCUT2D eigenvalue weighted by molar-refractivity contribution is 5.75. The maximum absolute atomic E-state index is 11.0. The van der Waals surface area contributed by atoms with E-state index in [1.54, 1.807) is 0 Å². The molecule has 2 N–H and O–H groups in total. The molecule has 1 unspecified atom stereocenters. The highest BCUT2D eigenvalue weighted by Gasteiger charge is 2.18. The maximum atomic E-state index is 11.0. The molecule has 0 spiro atoms. The largest absolute Gasteiger partial charge is 0.480 e. The Morgan fingerprint density at radius 2 is 1.87 bits per heavy atom. The minimum Gasteiger partial charge on any atom is -0.480 e. The topological polar surface area (TPSA) is 49.3 Å². The van der Waals surface area contributed by atoms with Crippen LogP contribution in [0.5, 0.6) is 0 Å². The van der Waals surface area contributed by atoms with E-state index in [1.165, 1.54) is 0 Å². The smallest absolute Gasteiger partial charge is 0.325 e. The average Bonchev–Trinajstić information content (AvgIpc) is 2.11. The molecule has 1 atom stereocenters. The number of carbonyl (C=O) groups is 1. The number of rotatable bonds is 4. The highest BCUT2D eigenvalue weighted by Crippen LogP contribution is 2.17. The first kappa shape index (κ1) is 11.7. The zero-order valence-electron chi connectivity index (χ0n) is 9.37. The molecule has 0 fully saturated rings. The summed E-state index contributed by atoms with van der Waals surface area (Å²) in [7, 11) is 0.